The third-order valence-electron chi connectivity index (χ3n) is 2.49. The van der Waals surface area contributed by atoms with Gasteiger partial charge in [-0.3, -0.25) is 0 Å². The number of nitrogens with one attached hydrogen (secondary N) is 1. The van der Waals surface area contributed by atoms with Crippen molar-refractivity contribution in [2.24, 2.45) is 0 Å². The van der Waals surface area contributed by atoms with Crippen LogP contribution in [0.5, 0.6) is 5.75 Å². The van der Waals surface area contributed by atoms with Crippen LogP contribution in [0.2, 0.25) is 5.02 Å². The molecule has 0 aromatic heterocycles. The van der Waals surface area contributed by atoms with Gasteiger partial charge < -0.3 is 10.4 Å². The SMILES string of the molecule is Oc1c(Br)cc(CNc2ccc(Cl)c(F)c2)cc1Br. The van der Waals surface area contributed by atoms with Gasteiger partial charge in [0.2, 0.25) is 0 Å². The van der Waals surface area contributed by atoms with Gasteiger partial charge in [-0.2, -0.15) is 0 Å². The quantitative estimate of drug-likeness (QED) is 0.719. The third kappa shape index (κ3) is 3.61. The maximum Gasteiger partial charge on any atom is 0.143 e. The molecule has 0 aliphatic heterocycles. The van der Waals surface area contributed by atoms with E-state index in [0.29, 0.717) is 21.2 Å². The van der Waals surface area contributed by atoms with E-state index >= 15 is 0 Å². The minimum absolute atomic E-state index is 0.0978. The molecule has 0 bridgehead atoms. The van der Waals surface area contributed by atoms with Gasteiger partial charge in [-0.15, -0.1) is 0 Å². The second-order valence-corrected chi connectivity index (χ2v) is 6.01. The lowest BCUT2D eigenvalue weighted by Gasteiger charge is -2.09. The second-order valence-electron chi connectivity index (χ2n) is 3.89. The zero-order valence-corrected chi connectivity index (χ0v) is 13.5. The number of rotatable bonds is 3. The zero-order valence-electron chi connectivity index (χ0n) is 9.55. The molecule has 0 radical (unpaired) electrons. The Hall–Kier alpha value is -0.780. The van der Waals surface area contributed by atoms with E-state index < -0.39 is 5.82 Å². The van der Waals surface area contributed by atoms with Gasteiger partial charge in [0.1, 0.15) is 11.6 Å². The lowest BCUT2D eigenvalue weighted by atomic mass is 10.2. The Morgan fingerprint density at radius 3 is 2.37 bits per heavy atom. The molecule has 0 unspecified atom stereocenters. The highest BCUT2D eigenvalue weighted by Crippen LogP contribution is 2.33. The molecule has 2 aromatic rings. The van der Waals surface area contributed by atoms with Gasteiger partial charge in [-0.1, -0.05) is 11.6 Å². The first-order valence-electron chi connectivity index (χ1n) is 5.33. The van der Waals surface area contributed by atoms with Gasteiger partial charge in [0.05, 0.1) is 14.0 Å². The molecule has 19 heavy (non-hydrogen) atoms. The summed E-state index contributed by atoms with van der Waals surface area (Å²) in [6, 6.07) is 8.13. The second kappa shape index (κ2) is 6.11. The summed E-state index contributed by atoms with van der Waals surface area (Å²) >= 11 is 12.1. The fourth-order valence-corrected chi connectivity index (χ4v) is 2.93. The Labute approximate surface area is 131 Å². The zero-order chi connectivity index (χ0) is 14.0. The Balaban J connectivity index is 2.12. The van der Waals surface area contributed by atoms with Crippen LogP contribution >= 0.6 is 43.5 Å². The molecule has 2 aromatic carbocycles. The summed E-state index contributed by atoms with van der Waals surface area (Å²) < 4.78 is 14.5. The summed E-state index contributed by atoms with van der Waals surface area (Å²) in [6.45, 7) is 0.499. The molecule has 100 valence electrons. The van der Waals surface area contributed by atoms with Crippen LogP contribution in [0.15, 0.2) is 39.3 Å². The van der Waals surface area contributed by atoms with E-state index in [-0.39, 0.29) is 10.8 Å². The van der Waals surface area contributed by atoms with Crippen molar-refractivity contribution >= 4 is 49.1 Å². The highest BCUT2D eigenvalue weighted by molar-refractivity contribution is 9.11. The summed E-state index contributed by atoms with van der Waals surface area (Å²) in [5.74, 6) is -0.305. The van der Waals surface area contributed by atoms with Gasteiger partial charge in [0, 0.05) is 12.2 Å². The van der Waals surface area contributed by atoms with E-state index in [0.717, 1.165) is 5.56 Å². The van der Waals surface area contributed by atoms with Crippen LogP contribution in [-0.4, -0.2) is 5.11 Å². The largest absolute Gasteiger partial charge is 0.506 e. The normalized spacial score (nSPS) is 10.5. The van der Waals surface area contributed by atoms with Crippen molar-refractivity contribution in [2.45, 2.75) is 6.54 Å². The molecule has 0 heterocycles. The molecule has 0 spiro atoms. The van der Waals surface area contributed by atoms with Crippen LogP contribution in [0.3, 0.4) is 0 Å². The molecule has 6 heteroatoms. The topological polar surface area (TPSA) is 32.3 Å². The number of benzene rings is 2. The highest BCUT2D eigenvalue weighted by atomic mass is 79.9. The van der Waals surface area contributed by atoms with Crippen LogP contribution in [0.1, 0.15) is 5.56 Å². The van der Waals surface area contributed by atoms with Crippen LogP contribution in [0.25, 0.3) is 0 Å². The number of aromatic hydroxyl groups is 1. The van der Waals surface area contributed by atoms with E-state index in [1.807, 2.05) is 0 Å². The number of hydrogen-bond acceptors (Lipinski definition) is 2. The molecule has 2 N–H and O–H groups in total. The maximum absolute atomic E-state index is 13.3. The van der Waals surface area contributed by atoms with Crippen LogP contribution < -0.4 is 5.32 Å². The van der Waals surface area contributed by atoms with Crippen LogP contribution in [-0.2, 0) is 6.54 Å². The Kier molecular flexibility index (Phi) is 4.71. The number of hydrogen-bond donors (Lipinski definition) is 2. The molecule has 2 nitrogen and oxygen atoms in total. The van der Waals surface area contributed by atoms with Crippen molar-refractivity contribution in [1.82, 2.24) is 0 Å². The van der Waals surface area contributed by atoms with E-state index in [9.17, 15) is 9.50 Å². The lowest BCUT2D eigenvalue weighted by Crippen LogP contribution is -2.00. The summed E-state index contributed by atoms with van der Waals surface area (Å²) in [4.78, 5) is 0. The number of phenols is 1. The molecule has 0 saturated heterocycles. The average molecular weight is 409 g/mol. The Morgan fingerprint density at radius 1 is 1.16 bits per heavy atom. The number of phenolic OH excluding ortho intramolecular Hbond substituents is 1. The molecule has 0 saturated carbocycles. The first kappa shape index (κ1) is 14.6. The minimum Gasteiger partial charge on any atom is -0.506 e. The third-order valence-corrected chi connectivity index (χ3v) is 4.01. The summed E-state index contributed by atoms with van der Waals surface area (Å²) in [7, 11) is 0. The fraction of sp³-hybridized carbons (Fsp3) is 0.0769. The minimum atomic E-state index is -0.459. The first-order valence-corrected chi connectivity index (χ1v) is 7.29. The molecule has 0 aliphatic carbocycles. The van der Waals surface area contributed by atoms with Gasteiger partial charge in [0.25, 0.3) is 0 Å². The van der Waals surface area contributed by atoms with Crippen molar-refractivity contribution in [2.75, 3.05) is 5.32 Å². The predicted octanol–water partition coefficient (Wildman–Crippen LogP) is 5.32. The average Bonchev–Trinajstić information content (AvgIpc) is 2.37. The van der Waals surface area contributed by atoms with Gasteiger partial charge >= 0.3 is 0 Å². The Morgan fingerprint density at radius 2 is 1.79 bits per heavy atom. The molecular formula is C13H9Br2ClFNO. The first-order chi connectivity index (χ1) is 8.97. The summed E-state index contributed by atoms with van der Waals surface area (Å²) in [5, 5.41) is 12.8. The monoisotopic (exact) mass is 407 g/mol. The molecular weight excluding hydrogens is 400 g/mol. The van der Waals surface area contributed by atoms with Crippen LogP contribution in [0, 0.1) is 5.82 Å². The van der Waals surface area contributed by atoms with Crippen molar-refractivity contribution in [1.29, 1.82) is 0 Å². The number of anilines is 1. The van der Waals surface area contributed by atoms with Gasteiger partial charge in [0.15, 0.2) is 0 Å². The van der Waals surface area contributed by atoms with Crippen molar-refractivity contribution in [3.8, 4) is 5.75 Å². The van der Waals surface area contributed by atoms with E-state index in [1.165, 1.54) is 12.1 Å². The standard InChI is InChI=1S/C13H9Br2ClFNO/c14-9-3-7(4-10(15)13(9)19)6-18-8-1-2-11(16)12(17)5-8/h1-5,18-19H,6H2. The van der Waals surface area contributed by atoms with E-state index in [4.69, 9.17) is 11.6 Å². The van der Waals surface area contributed by atoms with Crippen LogP contribution in [0.4, 0.5) is 10.1 Å². The summed E-state index contributed by atoms with van der Waals surface area (Å²) in [5.41, 5.74) is 1.58. The maximum atomic E-state index is 13.3. The van der Waals surface area contributed by atoms with Crippen molar-refractivity contribution in [3.63, 3.8) is 0 Å². The van der Waals surface area contributed by atoms with Crippen molar-refractivity contribution < 1.29 is 9.50 Å². The predicted molar refractivity (Wildman–Crippen MR) is 82.2 cm³/mol. The highest BCUT2D eigenvalue weighted by Gasteiger charge is 2.06. The molecule has 2 rings (SSSR count). The van der Waals surface area contributed by atoms with Gasteiger partial charge in [-0.05, 0) is 67.8 Å². The fourth-order valence-electron chi connectivity index (χ4n) is 1.53. The summed E-state index contributed by atoms with van der Waals surface area (Å²) in [6.07, 6.45) is 0. The molecule has 0 atom stereocenters. The molecule has 0 fully saturated rings. The van der Waals surface area contributed by atoms with Gasteiger partial charge in [-0.25, -0.2) is 4.39 Å². The van der Waals surface area contributed by atoms with Crippen molar-refractivity contribution in [3.05, 3.63) is 55.7 Å². The smallest absolute Gasteiger partial charge is 0.143 e. The number of halogens is 4. The van der Waals surface area contributed by atoms with E-state index in [1.54, 1.807) is 18.2 Å². The molecule has 0 amide bonds. The molecule has 0 aliphatic rings. The Bertz CT molecular complexity index is 599. The lowest BCUT2D eigenvalue weighted by molar-refractivity contribution is 0.468. The van der Waals surface area contributed by atoms with E-state index in [2.05, 4.69) is 37.2 Å².